The maximum atomic E-state index is 13.8. The van der Waals surface area contributed by atoms with E-state index in [4.69, 9.17) is 11.6 Å². The number of nitrogens with one attached hydrogen (secondary N) is 1. The lowest BCUT2D eigenvalue weighted by Gasteiger charge is -2.24. The molecule has 0 aliphatic carbocycles. The highest BCUT2D eigenvalue weighted by atomic mass is 35.5. The average Bonchev–Trinajstić information content (AvgIpc) is 2.52. The highest BCUT2D eigenvalue weighted by Crippen LogP contribution is 2.21. The molecule has 1 amide bonds. The first-order valence-corrected chi connectivity index (χ1v) is 7.46. The van der Waals surface area contributed by atoms with Crippen LogP contribution in [0.1, 0.15) is 12.5 Å². The van der Waals surface area contributed by atoms with E-state index in [0.29, 0.717) is 16.3 Å². The SMILES string of the molecule is C[C@@H](C(=O)Nc1ccc(F)cc1)N(C)Cc1c(F)cccc1Cl. The number of anilines is 1. The summed E-state index contributed by atoms with van der Waals surface area (Å²) in [5.41, 5.74) is 0.846. The fourth-order valence-corrected chi connectivity index (χ4v) is 2.27. The summed E-state index contributed by atoms with van der Waals surface area (Å²) >= 11 is 6.00. The molecule has 0 aliphatic rings. The monoisotopic (exact) mass is 338 g/mol. The Balaban J connectivity index is 2.02. The second-order valence-electron chi connectivity index (χ2n) is 5.29. The maximum absolute atomic E-state index is 13.8. The van der Waals surface area contributed by atoms with Gasteiger partial charge in [0.25, 0.3) is 0 Å². The quantitative estimate of drug-likeness (QED) is 0.891. The Hall–Kier alpha value is -1.98. The van der Waals surface area contributed by atoms with Crippen LogP contribution in [0, 0.1) is 11.6 Å². The van der Waals surface area contributed by atoms with E-state index >= 15 is 0 Å². The lowest BCUT2D eigenvalue weighted by atomic mass is 10.1. The molecule has 0 saturated carbocycles. The van der Waals surface area contributed by atoms with Gasteiger partial charge in [-0.15, -0.1) is 0 Å². The van der Waals surface area contributed by atoms with Crippen molar-refractivity contribution >= 4 is 23.2 Å². The van der Waals surface area contributed by atoms with Crippen molar-refractivity contribution < 1.29 is 13.6 Å². The molecule has 2 rings (SSSR count). The second kappa shape index (κ2) is 7.53. The molecule has 0 unspecified atom stereocenters. The molecule has 0 spiro atoms. The Bertz CT molecular complexity index is 671. The lowest BCUT2D eigenvalue weighted by Crippen LogP contribution is -2.39. The molecule has 0 fully saturated rings. The van der Waals surface area contributed by atoms with Crippen molar-refractivity contribution in [2.24, 2.45) is 0 Å². The van der Waals surface area contributed by atoms with Crippen molar-refractivity contribution in [2.45, 2.75) is 19.5 Å². The van der Waals surface area contributed by atoms with Gasteiger partial charge in [-0.25, -0.2) is 8.78 Å². The summed E-state index contributed by atoms with van der Waals surface area (Å²) in [5.74, 6) is -1.05. The van der Waals surface area contributed by atoms with E-state index in [-0.39, 0.29) is 18.3 Å². The second-order valence-corrected chi connectivity index (χ2v) is 5.69. The highest BCUT2D eigenvalue weighted by molar-refractivity contribution is 6.31. The molecule has 2 aromatic rings. The standard InChI is InChI=1S/C17H17ClF2N2O/c1-11(17(23)21-13-8-6-12(19)7-9-13)22(2)10-14-15(18)4-3-5-16(14)20/h3-9,11H,10H2,1-2H3,(H,21,23)/t11-/m0/s1. The summed E-state index contributed by atoms with van der Waals surface area (Å²) in [6.45, 7) is 1.90. The first-order chi connectivity index (χ1) is 10.9. The van der Waals surface area contributed by atoms with Gasteiger partial charge >= 0.3 is 0 Å². The fourth-order valence-electron chi connectivity index (χ4n) is 2.05. The van der Waals surface area contributed by atoms with E-state index < -0.39 is 11.9 Å². The van der Waals surface area contributed by atoms with E-state index in [9.17, 15) is 13.6 Å². The molecule has 1 atom stereocenters. The summed E-state index contributed by atoms with van der Waals surface area (Å²) in [7, 11) is 1.71. The van der Waals surface area contributed by atoms with Gasteiger partial charge in [0.2, 0.25) is 5.91 Å². The molecule has 0 heterocycles. The summed E-state index contributed by atoms with van der Waals surface area (Å²) in [5, 5.41) is 3.01. The lowest BCUT2D eigenvalue weighted by molar-refractivity contribution is -0.120. The molecule has 1 N–H and O–H groups in total. The minimum absolute atomic E-state index is 0.198. The minimum Gasteiger partial charge on any atom is -0.325 e. The highest BCUT2D eigenvalue weighted by Gasteiger charge is 2.20. The molecule has 0 aromatic heterocycles. The number of carbonyl (C=O) groups excluding carboxylic acids is 1. The third kappa shape index (κ3) is 4.50. The van der Waals surface area contributed by atoms with E-state index in [1.54, 1.807) is 24.9 Å². The number of likely N-dealkylation sites (N-methyl/N-ethyl adjacent to an activating group) is 1. The van der Waals surface area contributed by atoms with Gasteiger partial charge in [-0.2, -0.15) is 0 Å². The van der Waals surface area contributed by atoms with E-state index in [1.165, 1.54) is 36.4 Å². The summed E-state index contributed by atoms with van der Waals surface area (Å²) < 4.78 is 26.7. The first kappa shape index (κ1) is 17.4. The molecular formula is C17H17ClF2N2O. The van der Waals surface area contributed by atoms with Crippen LogP contribution in [0.3, 0.4) is 0 Å². The van der Waals surface area contributed by atoms with Crippen LogP contribution >= 0.6 is 11.6 Å². The molecule has 0 aliphatic heterocycles. The van der Waals surface area contributed by atoms with E-state index in [2.05, 4.69) is 5.32 Å². The van der Waals surface area contributed by atoms with Gasteiger partial charge < -0.3 is 5.32 Å². The van der Waals surface area contributed by atoms with E-state index in [1.807, 2.05) is 0 Å². The van der Waals surface area contributed by atoms with Crippen LogP contribution < -0.4 is 5.32 Å². The third-order valence-electron chi connectivity index (χ3n) is 3.62. The maximum Gasteiger partial charge on any atom is 0.241 e. The normalized spacial score (nSPS) is 12.3. The number of benzene rings is 2. The minimum atomic E-state index is -0.518. The van der Waals surface area contributed by atoms with Gasteiger partial charge in [-0.1, -0.05) is 17.7 Å². The van der Waals surface area contributed by atoms with Crippen LogP contribution in [0.5, 0.6) is 0 Å². The van der Waals surface area contributed by atoms with Crippen molar-refractivity contribution in [2.75, 3.05) is 12.4 Å². The molecule has 6 heteroatoms. The average molecular weight is 339 g/mol. The van der Waals surface area contributed by atoms with Crippen molar-refractivity contribution in [1.82, 2.24) is 4.90 Å². The number of hydrogen-bond donors (Lipinski definition) is 1. The molecule has 23 heavy (non-hydrogen) atoms. The van der Waals surface area contributed by atoms with Crippen LogP contribution in [0.15, 0.2) is 42.5 Å². The Labute approximate surface area is 138 Å². The van der Waals surface area contributed by atoms with Crippen molar-refractivity contribution in [3.8, 4) is 0 Å². The zero-order valence-corrected chi connectivity index (χ0v) is 13.6. The molecule has 122 valence electrons. The van der Waals surface area contributed by atoms with Crippen molar-refractivity contribution in [3.05, 3.63) is 64.7 Å². The molecule has 0 saturated heterocycles. The summed E-state index contributed by atoms with van der Waals surface area (Å²) in [6, 6.07) is 9.45. The van der Waals surface area contributed by atoms with E-state index in [0.717, 1.165) is 0 Å². The predicted molar refractivity (Wildman–Crippen MR) is 87.4 cm³/mol. The zero-order chi connectivity index (χ0) is 17.0. The van der Waals surface area contributed by atoms with Gasteiger partial charge in [-0.05, 0) is 50.4 Å². The Kier molecular flexibility index (Phi) is 5.69. The third-order valence-corrected chi connectivity index (χ3v) is 3.98. The van der Waals surface area contributed by atoms with Crippen LogP contribution in [-0.4, -0.2) is 23.9 Å². The number of hydrogen-bond acceptors (Lipinski definition) is 2. The molecule has 0 bridgehead atoms. The van der Waals surface area contributed by atoms with Crippen molar-refractivity contribution in [3.63, 3.8) is 0 Å². The van der Waals surface area contributed by atoms with Crippen LogP contribution in [0.2, 0.25) is 5.02 Å². The predicted octanol–water partition coefficient (Wildman–Crippen LogP) is 4.08. The van der Waals surface area contributed by atoms with Gasteiger partial charge in [0.15, 0.2) is 0 Å². The van der Waals surface area contributed by atoms with Gasteiger partial charge in [-0.3, -0.25) is 9.69 Å². The fraction of sp³-hybridized carbons (Fsp3) is 0.235. The van der Waals surface area contributed by atoms with Gasteiger partial charge in [0.05, 0.1) is 6.04 Å². The Morgan fingerprint density at radius 1 is 1.22 bits per heavy atom. The molecule has 3 nitrogen and oxygen atoms in total. The smallest absolute Gasteiger partial charge is 0.241 e. The zero-order valence-electron chi connectivity index (χ0n) is 12.8. The summed E-state index contributed by atoms with van der Waals surface area (Å²) in [4.78, 5) is 13.9. The number of carbonyl (C=O) groups is 1. The van der Waals surface area contributed by atoms with Crippen LogP contribution in [-0.2, 0) is 11.3 Å². The van der Waals surface area contributed by atoms with Crippen molar-refractivity contribution in [1.29, 1.82) is 0 Å². The van der Waals surface area contributed by atoms with Gasteiger partial charge in [0, 0.05) is 22.8 Å². The Morgan fingerprint density at radius 3 is 2.48 bits per heavy atom. The largest absolute Gasteiger partial charge is 0.325 e. The molecule has 2 aromatic carbocycles. The van der Waals surface area contributed by atoms with Crippen LogP contribution in [0.25, 0.3) is 0 Å². The Morgan fingerprint density at radius 2 is 1.87 bits per heavy atom. The molecular weight excluding hydrogens is 322 g/mol. The number of rotatable bonds is 5. The number of amides is 1. The van der Waals surface area contributed by atoms with Gasteiger partial charge in [0.1, 0.15) is 11.6 Å². The summed E-state index contributed by atoms with van der Waals surface area (Å²) in [6.07, 6.45) is 0. The number of halogens is 3. The number of nitrogens with zero attached hydrogens (tertiary/aromatic N) is 1. The first-order valence-electron chi connectivity index (χ1n) is 7.08. The van der Waals surface area contributed by atoms with Crippen LogP contribution in [0.4, 0.5) is 14.5 Å². The topological polar surface area (TPSA) is 32.3 Å². The molecule has 0 radical (unpaired) electrons.